The molecule has 0 radical (unpaired) electrons. The van der Waals surface area contributed by atoms with E-state index in [1.54, 1.807) is 11.3 Å². The number of nitrogens with one attached hydrogen (secondary N) is 1. The second-order valence-corrected chi connectivity index (χ2v) is 5.80. The van der Waals surface area contributed by atoms with Crippen molar-refractivity contribution in [2.24, 2.45) is 5.92 Å². The molecule has 1 fully saturated rings. The van der Waals surface area contributed by atoms with Crippen LogP contribution in [0.1, 0.15) is 36.3 Å². The van der Waals surface area contributed by atoms with Crippen molar-refractivity contribution in [2.45, 2.75) is 38.1 Å². The van der Waals surface area contributed by atoms with Crippen LogP contribution in [-0.4, -0.2) is 22.1 Å². The fraction of sp³-hybridized carbons (Fsp3) is 0.636. The fourth-order valence-electron chi connectivity index (χ4n) is 2.21. The average molecular weight is 238 g/mol. The lowest BCUT2D eigenvalue weighted by Gasteiger charge is -2.02. The van der Waals surface area contributed by atoms with Crippen molar-refractivity contribution in [2.75, 3.05) is 5.32 Å². The van der Waals surface area contributed by atoms with Gasteiger partial charge in [0.05, 0.1) is 5.69 Å². The van der Waals surface area contributed by atoms with Gasteiger partial charge in [0.15, 0.2) is 5.13 Å². The van der Waals surface area contributed by atoms with E-state index in [1.807, 2.05) is 0 Å². The number of aliphatic carboxylic acids is 1. The minimum Gasteiger partial charge on any atom is -0.481 e. The topological polar surface area (TPSA) is 62.2 Å². The minimum atomic E-state index is -0.740. The lowest BCUT2D eigenvalue weighted by Crippen LogP contribution is -2.09. The molecule has 16 heavy (non-hydrogen) atoms. The van der Waals surface area contributed by atoms with Gasteiger partial charge in [-0.2, -0.15) is 0 Å². The third-order valence-corrected chi connectivity index (χ3v) is 4.50. The van der Waals surface area contributed by atoms with Crippen molar-refractivity contribution in [3.8, 4) is 0 Å². The number of carboxylic acid groups (broad SMARTS) is 1. The molecule has 0 bridgehead atoms. The highest BCUT2D eigenvalue weighted by atomic mass is 32.1. The number of anilines is 1. The van der Waals surface area contributed by atoms with Gasteiger partial charge in [-0.3, -0.25) is 4.79 Å². The summed E-state index contributed by atoms with van der Waals surface area (Å²) in [6, 6.07) is 0.551. The van der Waals surface area contributed by atoms with Crippen LogP contribution < -0.4 is 5.32 Å². The Labute approximate surface area is 97.7 Å². The molecular weight excluding hydrogens is 224 g/mol. The Morgan fingerprint density at radius 1 is 1.62 bits per heavy atom. The zero-order chi connectivity index (χ0) is 11.3. The van der Waals surface area contributed by atoms with Gasteiger partial charge in [0.2, 0.25) is 0 Å². The summed E-state index contributed by atoms with van der Waals surface area (Å²) < 4.78 is 0. The molecule has 2 N–H and O–H groups in total. The summed E-state index contributed by atoms with van der Waals surface area (Å²) in [7, 11) is 0. The lowest BCUT2D eigenvalue weighted by atomic mass is 10.1. The van der Waals surface area contributed by atoms with Gasteiger partial charge in [0, 0.05) is 10.9 Å². The van der Waals surface area contributed by atoms with Crippen molar-refractivity contribution < 1.29 is 9.90 Å². The number of hydrogen-bond acceptors (Lipinski definition) is 4. The van der Waals surface area contributed by atoms with Gasteiger partial charge in [0.25, 0.3) is 0 Å². The molecule has 3 rings (SSSR count). The predicted molar refractivity (Wildman–Crippen MR) is 62.0 cm³/mol. The van der Waals surface area contributed by atoms with Gasteiger partial charge in [-0.25, -0.2) is 4.98 Å². The first-order valence-corrected chi connectivity index (χ1v) is 6.45. The maximum absolute atomic E-state index is 11.0. The van der Waals surface area contributed by atoms with Gasteiger partial charge in [-0.15, -0.1) is 11.3 Å². The number of thiazole rings is 1. The Balaban J connectivity index is 1.79. The highest BCUT2D eigenvalue weighted by molar-refractivity contribution is 7.15. The Bertz CT molecular complexity index is 443. The first-order chi connectivity index (χ1) is 7.65. The van der Waals surface area contributed by atoms with Gasteiger partial charge in [0.1, 0.15) is 5.92 Å². The third kappa shape index (κ3) is 1.59. The van der Waals surface area contributed by atoms with E-state index < -0.39 is 5.97 Å². The Kier molecular flexibility index (Phi) is 2.17. The molecule has 3 atom stereocenters. The summed E-state index contributed by atoms with van der Waals surface area (Å²) in [4.78, 5) is 16.6. The first kappa shape index (κ1) is 10.1. The molecule has 86 valence electrons. The quantitative estimate of drug-likeness (QED) is 0.846. The zero-order valence-electron chi connectivity index (χ0n) is 9.06. The van der Waals surface area contributed by atoms with E-state index in [9.17, 15) is 4.79 Å². The summed E-state index contributed by atoms with van der Waals surface area (Å²) >= 11 is 1.63. The number of fused-ring (bicyclic) bond motifs is 1. The molecule has 5 heteroatoms. The number of carboxylic acids is 1. The maximum Gasteiger partial charge on any atom is 0.312 e. The Morgan fingerprint density at radius 2 is 2.38 bits per heavy atom. The van der Waals surface area contributed by atoms with E-state index in [4.69, 9.17) is 5.11 Å². The number of rotatable bonds is 3. The predicted octanol–water partition coefficient (Wildman–Crippen LogP) is 2.08. The molecule has 0 amide bonds. The van der Waals surface area contributed by atoms with E-state index in [1.165, 1.54) is 6.42 Å². The molecule has 1 saturated carbocycles. The standard InChI is InChI=1S/C11H14N2O2S/c1-5-4-7(5)12-11-13-9-6(10(14)15)2-3-8(9)16-11/h5-7H,2-4H2,1H3,(H,12,13)(H,14,15). The van der Waals surface area contributed by atoms with Crippen LogP contribution in [0.5, 0.6) is 0 Å². The smallest absolute Gasteiger partial charge is 0.312 e. The summed E-state index contributed by atoms with van der Waals surface area (Å²) in [5.41, 5.74) is 0.799. The van der Waals surface area contributed by atoms with Gasteiger partial charge >= 0.3 is 5.97 Å². The van der Waals surface area contributed by atoms with Crippen molar-refractivity contribution in [1.29, 1.82) is 0 Å². The number of carbonyl (C=O) groups is 1. The van der Waals surface area contributed by atoms with Crippen molar-refractivity contribution in [1.82, 2.24) is 4.98 Å². The van der Waals surface area contributed by atoms with Crippen molar-refractivity contribution >= 4 is 22.4 Å². The van der Waals surface area contributed by atoms with Crippen LogP contribution in [0.15, 0.2) is 0 Å². The number of hydrogen-bond donors (Lipinski definition) is 2. The molecule has 1 aromatic rings. The first-order valence-electron chi connectivity index (χ1n) is 5.64. The normalized spacial score (nSPS) is 31.2. The number of aromatic nitrogens is 1. The van der Waals surface area contributed by atoms with Crippen molar-refractivity contribution in [3.63, 3.8) is 0 Å². The molecule has 0 aromatic carbocycles. The van der Waals surface area contributed by atoms with E-state index in [0.29, 0.717) is 12.5 Å². The average Bonchev–Trinajstić information content (AvgIpc) is 2.60. The second-order valence-electron chi connectivity index (χ2n) is 4.72. The molecule has 1 heterocycles. The Morgan fingerprint density at radius 3 is 3.00 bits per heavy atom. The molecule has 4 nitrogen and oxygen atoms in total. The maximum atomic E-state index is 11.0. The minimum absolute atomic E-state index is 0.376. The largest absolute Gasteiger partial charge is 0.481 e. The summed E-state index contributed by atoms with van der Waals surface area (Å²) in [6.45, 7) is 2.21. The summed E-state index contributed by atoms with van der Waals surface area (Å²) in [6.07, 6.45) is 2.78. The van der Waals surface area contributed by atoms with E-state index in [0.717, 1.165) is 28.0 Å². The molecule has 1 aromatic heterocycles. The molecule has 0 saturated heterocycles. The Hall–Kier alpha value is -1.10. The molecule has 0 spiro atoms. The highest BCUT2D eigenvalue weighted by Gasteiger charge is 2.36. The number of nitrogens with zero attached hydrogens (tertiary/aromatic N) is 1. The van der Waals surface area contributed by atoms with E-state index in [-0.39, 0.29) is 5.92 Å². The monoisotopic (exact) mass is 238 g/mol. The molecular formula is C11H14N2O2S. The summed E-state index contributed by atoms with van der Waals surface area (Å²) in [5.74, 6) is -0.386. The molecule has 2 aliphatic rings. The van der Waals surface area contributed by atoms with Gasteiger partial charge < -0.3 is 10.4 Å². The van der Waals surface area contributed by atoms with Crippen LogP contribution in [0.4, 0.5) is 5.13 Å². The van der Waals surface area contributed by atoms with E-state index in [2.05, 4.69) is 17.2 Å². The van der Waals surface area contributed by atoms with Crippen LogP contribution in [0.25, 0.3) is 0 Å². The molecule has 0 aliphatic heterocycles. The van der Waals surface area contributed by atoms with Gasteiger partial charge in [-0.1, -0.05) is 6.92 Å². The summed E-state index contributed by atoms with van der Waals surface area (Å²) in [5, 5.41) is 13.3. The fourth-order valence-corrected chi connectivity index (χ4v) is 3.31. The highest BCUT2D eigenvalue weighted by Crippen LogP contribution is 2.40. The van der Waals surface area contributed by atoms with Crippen LogP contribution in [0.2, 0.25) is 0 Å². The third-order valence-electron chi connectivity index (χ3n) is 3.43. The van der Waals surface area contributed by atoms with Crippen LogP contribution in [0, 0.1) is 5.92 Å². The lowest BCUT2D eigenvalue weighted by molar-refractivity contribution is -0.138. The number of aryl methyl sites for hydroxylation is 1. The molecule has 2 aliphatic carbocycles. The van der Waals surface area contributed by atoms with Crippen LogP contribution >= 0.6 is 11.3 Å². The van der Waals surface area contributed by atoms with Crippen LogP contribution in [0.3, 0.4) is 0 Å². The zero-order valence-corrected chi connectivity index (χ0v) is 9.88. The van der Waals surface area contributed by atoms with Gasteiger partial charge in [-0.05, 0) is 25.2 Å². The SMILES string of the molecule is CC1CC1Nc1nc2c(s1)CCC2C(=O)O. The van der Waals surface area contributed by atoms with Crippen LogP contribution in [-0.2, 0) is 11.2 Å². The van der Waals surface area contributed by atoms with E-state index >= 15 is 0 Å². The molecule has 3 unspecified atom stereocenters. The second kappa shape index (κ2) is 3.45. The van der Waals surface area contributed by atoms with Crippen molar-refractivity contribution in [3.05, 3.63) is 10.6 Å².